The van der Waals surface area contributed by atoms with Gasteiger partial charge in [-0.05, 0) is 31.5 Å². The summed E-state index contributed by atoms with van der Waals surface area (Å²) in [7, 11) is 1.64. The van der Waals surface area contributed by atoms with Gasteiger partial charge >= 0.3 is 0 Å². The second-order valence-corrected chi connectivity index (χ2v) is 7.11. The summed E-state index contributed by atoms with van der Waals surface area (Å²) in [4.78, 5) is 2.41. The summed E-state index contributed by atoms with van der Waals surface area (Å²) in [6.45, 7) is 3.02. The van der Waals surface area contributed by atoms with Crippen molar-refractivity contribution in [2.45, 2.75) is 31.4 Å². The zero-order valence-corrected chi connectivity index (χ0v) is 15.4. The predicted octanol–water partition coefficient (Wildman–Crippen LogP) is 2.18. The van der Waals surface area contributed by atoms with Crippen molar-refractivity contribution in [1.82, 2.24) is 15.1 Å². The Morgan fingerprint density at radius 2 is 2.07 bits per heavy atom. The molecule has 140 valence electrons. The molecule has 1 aromatic heterocycles. The molecular weight excluding hydrogens is 342 g/mol. The molecule has 27 heavy (non-hydrogen) atoms. The largest absolute Gasteiger partial charge is 0.420 e. The summed E-state index contributed by atoms with van der Waals surface area (Å²) in [5, 5.41) is 17.1. The van der Waals surface area contributed by atoms with E-state index in [0.29, 0.717) is 18.1 Å². The molecule has 1 spiro atoms. The van der Waals surface area contributed by atoms with Crippen LogP contribution < -0.4 is 10.5 Å². The molecule has 0 unspecified atom stereocenters. The van der Waals surface area contributed by atoms with Gasteiger partial charge in [0.2, 0.25) is 11.8 Å². The number of aromatic amines is 1. The summed E-state index contributed by atoms with van der Waals surface area (Å²) in [6.07, 6.45) is 1.58. The first-order valence-electron chi connectivity index (χ1n) is 9.09. The van der Waals surface area contributed by atoms with Crippen molar-refractivity contribution in [3.63, 3.8) is 0 Å². The van der Waals surface area contributed by atoms with Crippen LogP contribution in [0.25, 0.3) is 0 Å². The number of nitrogens with zero attached hydrogens (tertiary/aromatic N) is 3. The van der Waals surface area contributed by atoms with E-state index in [-0.39, 0.29) is 5.88 Å². The van der Waals surface area contributed by atoms with Gasteiger partial charge in [0.15, 0.2) is 0 Å². The molecule has 0 bridgehead atoms. The number of hydrogen-bond acceptors (Lipinski definition) is 6. The molecule has 3 heterocycles. The monoisotopic (exact) mass is 365 g/mol. The Labute approximate surface area is 158 Å². The average molecular weight is 365 g/mol. The van der Waals surface area contributed by atoms with Gasteiger partial charge in [0.05, 0.1) is 17.9 Å². The molecule has 0 aliphatic carbocycles. The smallest absolute Gasteiger partial charge is 0.244 e. The third-order valence-corrected chi connectivity index (χ3v) is 5.58. The predicted molar refractivity (Wildman–Crippen MR) is 99.4 cm³/mol. The minimum Gasteiger partial charge on any atom is -0.420 e. The first kappa shape index (κ1) is 17.6. The van der Waals surface area contributed by atoms with Gasteiger partial charge in [0, 0.05) is 19.1 Å². The highest BCUT2D eigenvalue weighted by Crippen LogP contribution is 2.50. The Morgan fingerprint density at radius 3 is 2.74 bits per heavy atom. The minimum absolute atomic E-state index is 0.164. The number of rotatable bonds is 4. The lowest BCUT2D eigenvalue weighted by atomic mass is 9.67. The summed E-state index contributed by atoms with van der Waals surface area (Å²) in [5.74, 6) is 0.632. The third kappa shape index (κ3) is 2.97. The molecule has 0 radical (unpaired) electrons. The van der Waals surface area contributed by atoms with Crippen LogP contribution in [0.3, 0.4) is 0 Å². The molecular formula is C20H23N5O2. The number of benzene rings is 1. The van der Waals surface area contributed by atoms with Crippen molar-refractivity contribution in [1.29, 1.82) is 5.26 Å². The molecule has 1 fully saturated rings. The van der Waals surface area contributed by atoms with Crippen LogP contribution >= 0.6 is 0 Å². The van der Waals surface area contributed by atoms with Gasteiger partial charge in [-0.2, -0.15) is 5.26 Å². The van der Waals surface area contributed by atoms with Gasteiger partial charge in [0.1, 0.15) is 11.6 Å². The molecule has 1 saturated heterocycles. The SMILES string of the molecule is COCc1[nH]nc2c1C1(CCN(Cc3ccccc3)CC1)C(C#N)=C(N)O2. The second-order valence-electron chi connectivity index (χ2n) is 7.11. The van der Waals surface area contributed by atoms with Crippen LogP contribution in [0.5, 0.6) is 5.88 Å². The highest BCUT2D eigenvalue weighted by molar-refractivity contribution is 5.54. The fraction of sp³-hybridized carbons (Fsp3) is 0.400. The number of nitriles is 1. The molecule has 1 aromatic carbocycles. The van der Waals surface area contributed by atoms with Crippen LogP contribution in [0.2, 0.25) is 0 Å². The van der Waals surface area contributed by atoms with E-state index in [1.54, 1.807) is 7.11 Å². The molecule has 4 rings (SSSR count). The van der Waals surface area contributed by atoms with Crippen LogP contribution in [0.1, 0.15) is 29.7 Å². The number of aromatic nitrogens is 2. The minimum atomic E-state index is -0.472. The van der Waals surface area contributed by atoms with E-state index in [2.05, 4.69) is 45.4 Å². The molecule has 2 aliphatic heterocycles. The summed E-state index contributed by atoms with van der Waals surface area (Å²) < 4.78 is 11.0. The quantitative estimate of drug-likeness (QED) is 0.861. The fourth-order valence-corrected chi connectivity index (χ4v) is 4.29. The number of hydrogen-bond donors (Lipinski definition) is 2. The van der Waals surface area contributed by atoms with Gasteiger partial charge < -0.3 is 15.2 Å². The lowest BCUT2D eigenvalue weighted by Gasteiger charge is -2.43. The van der Waals surface area contributed by atoms with Crippen LogP contribution in [0, 0.1) is 11.3 Å². The maximum absolute atomic E-state index is 9.82. The lowest BCUT2D eigenvalue weighted by molar-refractivity contribution is 0.155. The van der Waals surface area contributed by atoms with Crippen LogP contribution in [-0.4, -0.2) is 35.3 Å². The fourth-order valence-electron chi connectivity index (χ4n) is 4.29. The van der Waals surface area contributed by atoms with E-state index in [1.165, 1.54) is 5.56 Å². The summed E-state index contributed by atoms with van der Waals surface area (Å²) in [5.41, 5.74) is 9.19. The number of nitrogens with one attached hydrogen (secondary N) is 1. The van der Waals surface area contributed by atoms with Crippen LogP contribution in [-0.2, 0) is 23.3 Å². The number of fused-ring (bicyclic) bond motifs is 2. The Morgan fingerprint density at radius 1 is 1.33 bits per heavy atom. The topological polar surface area (TPSA) is 100 Å². The molecule has 2 aliphatic rings. The van der Waals surface area contributed by atoms with E-state index in [4.69, 9.17) is 15.2 Å². The van der Waals surface area contributed by atoms with Crippen molar-refractivity contribution < 1.29 is 9.47 Å². The standard InChI is InChI=1S/C20H23N5O2/c1-26-13-16-17-19(24-23-16)27-18(22)15(11-21)20(17)7-9-25(10-8-20)12-14-5-3-2-4-6-14/h2-6H,7-10,12-13,22H2,1H3,(H,23,24). The maximum atomic E-state index is 9.82. The molecule has 0 amide bonds. The number of likely N-dealkylation sites (tertiary alicyclic amines) is 1. The number of nitrogens with two attached hydrogens (primary N) is 1. The highest BCUT2D eigenvalue weighted by Gasteiger charge is 2.49. The maximum Gasteiger partial charge on any atom is 0.244 e. The number of H-pyrrole nitrogens is 1. The Kier molecular flexibility index (Phi) is 4.60. The van der Waals surface area contributed by atoms with E-state index in [9.17, 15) is 5.26 Å². The van der Waals surface area contributed by atoms with Crippen LogP contribution in [0.15, 0.2) is 41.8 Å². The van der Waals surface area contributed by atoms with Crippen molar-refractivity contribution in [2.24, 2.45) is 5.73 Å². The zero-order chi connectivity index (χ0) is 18.9. The Balaban J connectivity index is 1.64. The molecule has 0 saturated carbocycles. The van der Waals surface area contributed by atoms with Gasteiger partial charge in [-0.15, -0.1) is 5.10 Å². The number of allylic oxidation sites excluding steroid dienone is 1. The first-order valence-corrected chi connectivity index (χ1v) is 9.09. The summed E-state index contributed by atoms with van der Waals surface area (Å²) in [6, 6.07) is 12.7. The second kappa shape index (κ2) is 7.06. The lowest BCUT2D eigenvalue weighted by Crippen LogP contribution is -2.46. The molecule has 7 heteroatoms. The van der Waals surface area contributed by atoms with Crippen molar-refractivity contribution in [3.8, 4) is 11.9 Å². The third-order valence-electron chi connectivity index (χ3n) is 5.58. The van der Waals surface area contributed by atoms with Crippen molar-refractivity contribution >= 4 is 0 Å². The molecule has 0 atom stereocenters. The zero-order valence-electron chi connectivity index (χ0n) is 15.4. The van der Waals surface area contributed by atoms with Crippen LogP contribution in [0.4, 0.5) is 0 Å². The Hall–Kier alpha value is -2.82. The number of methoxy groups -OCH3 is 1. The van der Waals surface area contributed by atoms with Gasteiger partial charge in [0.25, 0.3) is 0 Å². The number of ether oxygens (including phenoxy) is 2. The highest BCUT2D eigenvalue weighted by atomic mass is 16.5. The molecule has 7 nitrogen and oxygen atoms in total. The van der Waals surface area contributed by atoms with E-state index < -0.39 is 5.41 Å². The summed E-state index contributed by atoms with van der Waals surface area (Å²) >= 11 is 0. The van der Waals surface area contributed by atoms with Crippen molar-refractivity contribution in [2.75, 3.05) is 20.2 Å². The van der Waals surface area contributed by atoms with Crippen molar-refractivity contribution in [3.05, 3.63) is 58.6 Å². The van der Waals surface area contributed by atoms with E-state index in [0.717, 1.165) is 43.7 Å². The first-order chi connectivity index (χ1) is 13.2. The molecule has 2 aromatic rings. The van der Waals surface area contributed by atoms with Gasteiger partial charge in [-0.25, -0.2) is 0 Å². The molecule has 3 N–H and O–H groups in total. The van der Waals surface area contributed by atoms with E-state index >= 15 is 0 Å². The number of piperidine rings is 1. The average Bonchev–Trinajstić information content (AvgIpc) is 3.08. The van der Waals surface area contributed by atoms with E-state index in [1.807, 2.05) is 6.07 Å². The normalized spacial score (nSPS) is 18.8. The van der Waals surface area contributed by atoms with Gasteiger partial charge in [-0.3, -0.25) is 10.00 Å². The Bertz CT molecular complexity index is 889. The van der Waals surface area contributed by atoms with Gasteiger partial charge in [-0.1, -0.05) is 30.3 Å².